The first-order chi connectivity index (χ1) is 15.5. The van der Waals surface area contributed by atoms with Crippen LogP contribution in [0.3, 0.4) is 0 Å². The molecule has 170 valence electrons. The highest BCUT2D eigenvalue weighted by molar-refractivity contribution is 5.98. The zero-order valence-electron chi connectivity index (χ0n) is 18.7. The molecule has 0 radical (unpaired) electrons. The largest absolute Gasteiger partial charge is 0.497 e. The summed E-state index contributed by atoms with van der Waals surface area (Å²) in [6, 6.07) is 5.67. The molecule has 2 aromatic rings. The summed E-state index contributed by atoms with van der Waals surface area (Å²) in [5, 5.41) is 0. The van der Waals surface area contributed by atoms with Gasteiger partial charge in [0.15, 0.2) is 5.78 Å². The molecule has 9 nitrogen and oxygen atoms in total. The molecule has 1 atom stereocenters. The number of nitrogens with zero attached hydrogens (tertiary/aromatic N) is 4. The number of aromatic nitrogens is 2. The van der Waals surface area contributed by atoms with Crippen LogP contribution in [0.1, 0.15) is 40.9 Å². The highest BCUT2D eigenvalue weighted by atomic mass is 16.6. The molecule has 1 aliphatic carbocycles. The molecule has 4 rings (SSSR count). The fraction of sp³-hybridized carbons (Fsp3) is 0.478. The average Bonchev–Trinajstić information content (AvgIpc) is 2.83. The fourth-order valence-electron chi connectivity index (χ4n) is 4.27. The van der Waals surface area contributed by atoms with Crippen LogP contribution >= 0.6 is 0 Å². The smallest absolute Gasteiger partial charge is 0.409 e. The van der Waals surface area contributed by atoms with Crippen molar-refractivity contribution < 1.29 is 23.8 Å². The number of ketones is 1. The Bertz CT molecular complexity index is 1000. The summed E-state index contributed by atoms with van der Waals surface area (Å²) in [5.74, 6) is 2.00. The zero-order valence-corrected chi connectivity index (χ0v) is 18.7. The number of benzene rings is 1. The lowest BCUT2D eigenvalue weighted by Gasteiger charge is -2.34. The van der Waals surface area contributed by atoms with E-state index in [1.807, 2.05) is 23.1 Å². The zero-order chi connectivity index (χ0) is 22.7. The van der Waals surface area contributed by atoms with Gasteiger partial charge in [-0.25, -0.2) is 14.8 Å². The molecule has 1 aliphatic heterocycles. The average molecular weight is 441 g/mol. The van der Waals surface area contributed by atoms with Crippen molar-refractivity contribution in [2.75, 3.05) is 51.9 Å². The third-order valence-electron chi connectivity index (χ3n) is 6.00. The molecule has 2 heterocycles. The molecule has 0 unspecified atom stereocenters. The van der Waals surface area contributed by atoms with Gasteiger partial charge in [0.2, 0.25) is 5.95 Å². The van der Waals surface area contributed by atoms with E-state index in [9.17, 15) is 9.59 Å². The van der Waals surface area contributed by atoms with Crippen LogP contribution in [-0.2, 0) is 11.2 Å². The van der Waals surface area contributed by atoms with Crippen molar-refractivity contribution in [1.29, 1.82) is 0 Å². The minimum Gasteiger partial charge on any atom is -0.497 e. The third-order valence-corrected chi connectivity index (χ3v) is 6.00. The van der Waals surface area contributed by atoms with Crippen LogP contribution in [0.4, 0.5) is 10.7 Å². The fourth-order valence-corrected chi connectivity index (χ4v) is 4.27. The van der Waals surface area contributed by atoms with Crippen molar-refractivity contribution in [3.05, 3.63) is 41.2 Å². The molecule has 9 heteroatoms. The van der Waals surface area contributed by atoms with Gasteiger partial charge in [-0.05, 0) is 25.0 Å². The van der Waals surface area contributed by atoms with Crippen molar-refractivity contribution in [2.45, 2.75) is 25.7 Å². The molecule has 32 heavy (non-hydrogen) atoms. The van der Waals surface area contributed by atoms with E-state index in [1.165, 1.54) is 0 Å². The number of anilines is 1. The van der Waals surface area contributed by atoms with Gasteiger partial charge < -0.3 is 24.0 Å². The molecule has 1 aromatic heterocycles. The van der Waals surface area contributed by atoms with Crippen molar-refractivity contribution in [3.63, 3.8) is 0 Å². The topological polar surface area (TPSA) is 94.1 Å². The molecule has 0 saturated carbocycles. The predicted molar refractivity (Wildman–Crippen MR) is 118 cm³/mol. The molecule has 1 fully saturated rings. The Labute approximate surface area is 187 Å². The molecular weight excluding hydrogens is 412 g/mol. The van der Waals surface area contributed by atoms with Crippen LogP contribution < -0.4 is 14.4 Å². The van der Waals surface area contributed by atoms with Crippen LogP contribution in [0.5, 0.6) is 11.5 Å². The maximum Gasteiger partial charge on any atom is 0.409 e. The highest BCUT2D eigenvalue weighted by Crippen LogP contribution is 2.38. The van der Waals surface area contributed by atoms with E-state index in [1.54, 1.807) is 32.2 Å². The first kappa shape index (κ1) is 21.9. The summed E-state index contributed by atoms with van der Waals surface area (Å²) in [6.45, 7) is 4.47. The van der Waals surface area contributed by atoms with Gasteiger partial charge in [0.25, 0.3) is 0 Å². The highest BCUT2D eigenvalue weighted by Gasteiger charge is 2.31. The van der Waals surface area contributed by atoms with Crippen LogP contribution in [0.2, 0.25) is 0 Å². The molecule has 1 aromatic carbocycles. The van der Waals surface area contributed by atoms with Crippen molar-refractivity contribution in [1.82, 2.24) is 14.9 Å². The van der Waals surface area contributed by atoms with E-state index in [2.05, 4.69) is 4.98 Å². The summed E-state index contributed by atoms with van der Waals surface area (Å²) in [5.41, 5.74) is 2.31. The Morgan fingerprint density at radius 2 is 1.91 bits per heavy atom. The minimum absolute atomic E-state index is 0.0285. The number of fused-ring (bicyclic) bond motifs is 1. The van der Waals surface area contributed by atoms with Gasteiger partial charge in [0.1, 0.15) is 11.5 Å². The summed E-state index contributed by atoms with van der Waals surface area (Å²) in [6.07, 6.45) is 2.36. The van der Waals surface area contributed by atoms with Gasteiger partial charge in [-0.15, -0.1) is 0 Å². The first-order valence-electron chi connectivity index (χ1n) is 10.8. The van der Waals surface area contributed by atoms with Crippen LogP contribution in [0, 0.1) is 0 Å². The van der Waals surface area contributed by atoms with Gasteiger partial charge in [-0.1, -0.05) is 6.07 Å². The number of piperazine rings is 1. The normalized spacial score (nSPS) is 18.2. The summed E-state index contributed by atoms with van der Waals surface area (Å²) in [7, 11) is 3.23. The summed E-state index contributed by atoms with van der Waals surface area (Å²) in [4.78, 5) is 37.7. The Kier molecular flexibility index (Phi) is 6.43. The quantitative estimate of drug-likeness (QED) is 0.701. The van der Waals surface area contributed by atoms with Gasteiger partial charge in [0, 0.05) is 50.8 Å². The number of rotatable bonds is 5. The van der Waals surface area contributed by atoms with E-state index in [0.29, 0.717) is 68.6 Å². The Balaban J connectivity index is 1.52. The molecule has 2 aliphatic rings. The number of amides is 1. The van der Waals surface area contributed by atoms with E-state index < -0.39 is 0 Å². The van der Waals surface area contributed by atoms with Crippen molar-refractivity contribution in [2.24, 2.45) is 0 Å². The van der Waals surface area contributed by atoms with Crippen molar-refractivity contribution in [3.8, 4) is 11.5 Å². The van der Waals surface area contributed by atoms with Crippen molar-refractivity contribution >= 4 is 17.8 Å². The van der Waals surface area contributed by atoms with Gasteiger partial charge in [-0.3, -0.25) is 4.79 Å². The lowest BCUT2D eigenvalue weighted by molar-refractivity contribution is 0.0961. The third kappa shape index (κ3) is 4.32. The number of hydrogen-bond acceptors (Lipinski definition) is 8. The van der Waals surface area contributed by atoms with Crippen LogP contribution in [0.25, 0.3) is 0 Å². The number of carbonyl (C=O) groups excluding carboxylic acids is 2. The number of hydrogen-bond donors (Lipinski definition) is 0. The second-order valence-corrected chi connectivity index (χ2v) is 7.84. The first-order valence-corrected chi connectivity index (χ1v) is 10.8. The molecule has 0 N–H and O–H groups in total. The molecular formula is C23H28N4O5. The maximum absolute atomic E-state index is 12.8. The second kappa shape index (κ2) is 9.42. The van der Waals surface area contributed by atoms with Crippen LogP contribution in [0.15, 0.2) is 24.4 Å². The van der Waals surface area contributed by atoms with E-state index in [0.717, 1.165) is 11.3 Å². The number of ether oxygens (including phenoxy) is 3. The van der Waals surface area contributed by atoms with Gasteiger partial charge in [-0.2, -0.15) is 0 Å². The SMILES string of the molecule is CCOC(=O)N1CCN(c2ncc3c(n2)C[C@@H](c2ccc(OC)cc2OC)CC3=O)CC1. The lowest BCUT2D eigenvalue weighted by atomic mass is 9.82. The van der Waals surface area contributed by atoms with Gasteiger partial charge in [0.05, 0.1) is 32.1 Å². The van der Waals surface area contributed by atoms with E-state index in [4.69, 9.17) is 19.2 Å². The maximum atomic E-state index is 12.8. The molecule has 1 amide bonds. The molecule has 0 bridgehead atoms. The Morgan fingerprint density at radius 1 is 1.12 bits per heavy atom. The second-order valence-electron chi connectivity index (χ2n) is 7.84. The summed E-state index contributed by atoms with van der Waals surface area (Å²) < 4.78 is 15.9. The number of Topliss-reactive ketones (excluding diaryl/α,β-unsaturated/α-hetero) is 1. The Morgan fingerprint density at radius 3 is 2.59 bits per heavy atom. The van der Waals surface area contributed by atoms with E-state index in [-0.39, 0.29) is 17.8 Å². The standard InChI is InChI=1S/C23H28N4O5/c1-4-32-23(29)27-9-7-26(8-10-27)22-24-14-18-19(25-22)11-15(12-20(18)28)17-6-5-16(30-2)13-21(17)31-3/h5-6,13-15H,4,7-12H2,1-3H3/t15-/m1/s1. The predicted octanol–water partition coefficient (Wildman–Crippen LogP) is 2.69. The van der Waals surface area contributed by atoms with E-state index >= 15 is 0 Å². The lowest BCUT2D eigenvalue weighted by Crippen LogP contribution is -2.49. The molecule has 1 saturated heterocycles. The molecule has 0 spiro atoms. The Hall–Kier alpha value is -3.36. The number of carbonyl (C=O) groups is 2. The number of methoxy groups -OCH3 is 2. The monoisotopic (exact) mass is 440 g/mol. The minimum atomic E-state index is -0.291. The van der Waals surface area contributed by atoms with Gasteiger partial charge >= 0.3 is 6.09 Å². The summed E-state index contributed by atoms with van der Waals surface area (Å²) >= 11 is 0. The van der Waals surface area contributed by atoms with Crippen LogP contribution in [-0.4, -0.2) is 73.7 Å².